The van der Waals surface area contributed by atoms with Crippen molar-refractivity contribution in [2.45, 2.75) is 123 Å². The summed E-state index contributed by atoms with van der Waals surface area (Å²) in [7, 11) is 0. The van der Waals surface area contributed by atoms with E-state index >= 15 is 0 Å². The lowest BCUT2D eigenvalue weighted by molar-refractivity contribution is -0.129. The number of nitrogens with zero attached hydrogens (tertiary/aromatic N) is 1. The fourth-order valence-corrected chi connectivity index (χ4v) is 3.75. The summed E-state index contributed by atoms with van der Waals surface area (Å²) < 4.78 is 0. The molecule has 0 aromatic carbocycles. The first-order valence-corrected chi connectivity index (χ1v) is 11.1. The third-order valence-corrected chi connectivity index (χ3v) is 5.40. The largest absolute Gasteiger partial charge is 0.351 e. The van der Waals surface area contributed by atoms with Crippen molar-refractivity contribution in [3.63, 3.8) is 0 Å². The van der Waals surface area contributed by atoms with Crippen LogP contribution in [0.3, 0.4) is 0 Å². The van der Waals surface area contributed by atoms with E-state index in [1.165, 1.54) is 64.2 Å². The number of hydrogen-bond donors (Lipinski definition) is 1. The molecule has 0 bridgehead atoms. The minimum absolute atomic E-state index is 0.00901. The maximum Gasteiger partial charge on any atom is 0.225 e. The molecule has 0 aliphatic carbocycles. The van der Waals surface area contributed by atoms with E-state index in [-0.39, 0.29) is 23.9 Å². The molecule has 1 atom stereocenters. The van der Waals surface area contributed by atoms with Crippen molar-refractivity contribution in [3.8, 4) is 0 Å². The van der Waals surface area contributed by atoms with Crippen molar-refractivity contribution in [1.29, 1.82) is 0 Å². The van der Waals surface area contributed by atoms with E-state index in [1.807, 2.05) is 18.7 Å². The van der Waals surface area contributed by atoms with E-state index in [4.69, 9.17) is 0 Å². The molecule has 1 saturated heterocycles. The highest BCUT2D eigenvalue weighted by Gasteiger charge is 2.31. The second-order valence-electron chi connectivity index (χ2n) is 8.25. The summed E-state index contributed by atoms with van der Waals surface area (Å²) in [5, 5.41) is 3.03. The normalized spacial score (nSPS) is 17.3. The summed E-state index contributed by atoms with van der Waals surface area (Å²) in [6, 6.07) is 0.232. The molecule has 4 nitrogen and oxygen atoms in total. The maximum atomic E-state index is 12.0. The fraction of sp³-hybridized carbons (Fsp3) is 0.909. The van der Waals surface area contributed by atoms with Gasteiger partial charge in [-0.15, -0.1) is 0 Å². The van der Waals surface area contributed by atoms with Gasteiger partial charge < -0.3 is 10.2 Å². The molecule has 2 amide bonds. The van der Waals surface area contributed by atoms with Crippen LogP contribution in [0.4, 0.5) is 0 Å². The van der Waals surface area contributed by atoms with Gasteiger partial charge in [0.15, 0.2) is 0 Å². The molecule has 0 aromatic heterocycles. The Morgan fingerprint density at radius 1 is 0.962 bits per heavy atom. The number of unbranched alkanes of at least 4 members (excludes halogenated alkanes) is 11. The standard InChI is InChI=1S/C22H42N2O2/c1-4-5-6-7-8-9-10-11-12-13-14-15-16-21(25)23-20-17-22(26)24(18-20)19(2)3/h19-20H,4-18H2,1-3H3,(H,23,25). The Hall–Kier alpha value is -1.06. The minimum Gasteiger partial charge on any atom is -0.351 e. The molecule has 1 rings (SSSR count). The van der Waals surface area contributed by atoms with E-state index in [0.717, 1.165) is 12.8 Å². The fourth-order valence-electron chi connectivity index (χ4n) is 3.75. The van der Waals surface area contributed by atoms with Gasteiger partial charge >= 0.3 is 0 Å². The highest BCUT2D eigenvalue weighted by molar-refractivity contribution is 5.82. The third kappa shape index (κ3) is 10.2. The van der Waals surface area contributed by atoms with E-state index < -0.39 is 0 Å². The predicted molar refractivity (Wildman–Crippen MR) is 109 cm³/mol. The van der Waals surface area contributed by atoms with Gasteiger partial charge in [0.2, 0.25) is 11.8 Å². The van der Waals surface area contributed by atoms with Gasteiger partial charge in [0, 0.05) is 25.4 Å². The third-order valence-electron chi connectivity index (χ3n) is 5.40. The number of hydrogen-bond acceptors (Lipinski definition) is 2. The Labute approximate surface area is 161 Å². The van der Waals surface area contributed by atoms with Crippen molar-refractivity contribution >= 4 is 11.8 Å². The maximum absolute atomic E-state index is 12.0. The van der Waals surface area contributed by atoms with Crippen LogP contribution in [-0.2, 0) is 9.59 Å². The van der Waals surface area contributed by atoms with Crippen LogP contribution in [0.25, 0.3) is 0 Å². The zero-order valence-corrected chi connectivity index (χ0v) is 17.5. The molecule has 4 heteroatoms. The molecule has 1 aliphatic heterocycles. The highest BCUT2D eigenvalue weighted by atomic mass is 16.2. The van der Waals surface area contributed by atoms with E-state index in [1.54, 1.807) is 0 Å². The second kappa shape index (κ2) is 14.1. The smallest absolute Gasteiger partial charge is 0.225 e. The Morgan fingerprint density at radius 3 is 1.92 bits per heavy atom. The number of likely N-dealkylation sites (tertiary alicyclic amines) is 1. The SMILES string of the molecule is CCCCCCCCCCCCCCC(=O)NC1CC(=O)N(C(C)C)C1. The van der Waals surface area contributed by atoms with Gasteiger partial charge in [0.25, 0.3) is 0 Å². The number of nitrogens with one attached hydrogen (secondary N) is 1. The van der Waals surface area contributed by atoms with Crippen LogP contribution < -0.4 is 5.32 Å². The zero-order chi connectivity index (χ0) is 19.2. The molecule has 1 heterocycles. The van der Waals surface area contributed by atoms with Gasteiger partial charge in [0.1, 0.15) is 0 Å². The van der Waals surface area contributed by atoms with Crippen LogP contribution >= 0.6 is 0 Å². The first-order chi connectivity index (χ1) is 12.5. The van der Waals surface area contributed by atoms with Gasteiger partial charge in [0.05, 0.1) is 6.04 Å². The first kappa shape index (κ1) is 23.0. The molecular formula is C22H42N2O2. The minimum atomic E-state index is 0.00901. The van der Waals surface area contributed by atoms with Crippen LogP contribution in [0.1, 0.15) is 111 Å². The molecule has 1 fully saturated rings. The van der Waals surface area contributed by atoms with Crippen LogP contribution in [0.15, 0.2) is 0 Å². The molecule has 0 saturated carbocycles. The topological polar surface area (TPSA) is 49.4 Å². The average molecular weight is 367 g/mol. The summed E-state index contributed by atoms with van der Waals surface area (Å²) in [5.74, 6) is 0.274. The van der Waals surface area contributed by atoms with Crippen LogP contribution in [0.2, 0.25) is 0 Å². The molecule has 0 radical (unpaired) electrons. The monoisotopic (exact) mass is 366 g/mol. The van der Waals surface area contributed by atoms with Crippen LogP contribution in [0.5, 0.6) is 0 Å². The van der Waals surface area contributed by atoms with Gasteiger partial charge in [-0.25, -0.2) is 0 Å². The Morgan fingerprint density at radius 2 is 1.46 bits per heavy atom. The van der Waals surface area contributed by atoms with E-state index in [0.29, 0.717) is 19.4 Å². The van der Waals surface area contributed by atoms with Crippen molar-refractivity contribution in [1.82, 2.24) is 10.2 Å². The second-order valence-corrected chi connectivity index (χ2v) is 8.25. The van der Waals surface area contributed by atoms with Crippen molar-refractivity contribution in [3.05, 3.63) is 0 Å². The molecular weight excluding hydrogens is 324 g/mol. The summed E-state index contributed by atoms with van der Waals surface area (Å²) in [6.45, 7) is 6.98. The lowest BCUT2D eigenvalue weighted by Crippen LogP contribution is -2.38. The molecule has 0 aromatic rings. The Balaban J connectivity index is 1.91. The number of carbonyl (C=O) groups excluding carboxylic acids is 2. The molecule has 0 spiro atoms. The van der Waals surface area contributed by atoms with Gasteiger partial charge in [-0.1, -0.05) is 77.6 Å². The van der Waals surface area contributed by atoms with Crippen molar-refractivity contribution < 1.29 is 9.59 Å². The zero-order valence-electron chi connectivity index (χ0n) is 17.5. The molecule has 152 valence electrons. The Kier molecular flexibility index (Phi) is 12.4. The van der Waals surface area contributed by atoms with Crippen LogP contribution in [0, 0.1) is 0 Å². The summed E-state index contributed by atoms with van der Waals surface area (Å²) >= 11 is 0. The lowest BCUT2D eigenvalue weighted by Gasteiger charge is -2.21. The van der Waals surface area contributed by atoms with E-state index in [2.05, 4.69) is 12.2 Å². The van der Waals surface area contributed by atoms with Crippen LogP contribution in [-0.4, -0.2) is 35.3 Å². The number of rotatable bonds is 15. The lowest BCUT2D eigenvalue weighted by atomic mass is 10.0. The van der Waals surface area contributed by atoms with Gasteiger partial charge in [-0.3, -0.25) is 9.59 Å². The van der Waals surface area contributed by atoms with E-state index in [9.17, 15) is 9.59 Å². The summed E-state index contributed by atoms with van der Waals surface area (Å²) in [6.07, 6.45) is 16.8. The van der Waals surface area contributed by atoms with Gasteiger partial charge in [-0.05, 0) is 20.3 Å². The molecule has 1 unspecified atom stereocenters. The van der Waals surface area contributed by atoms with Crippen molar-refractivity contribution in [2.24, 2.45) is 0 Å². The summed E-state index contributed by atoms with van der Waals surface area (Å²) in [5.41, 5.74) is 0. The quantitative estimate of drug-likeness (QED) is 0.405. The number of amides is 2. The molecule has 1 N–H and O–H groups in total. The summed E-state index contributed by atoms with van der Waals surface area (Å²) in [4.78, 5) is 25.7. The number of carbonyl (C=O) groups is 2. The molecule has 26 heavy (non-hydrogen) atoms. The first-order valence-electron chi connectivity index (χ1n) is 11.1. The predicted octanol–water partition coefficient (Wildman–Crippen LogP) is 5.20. The van der Waals surface area contributed by atoms with Crippen molar-refractivity contribution in [2.75, 3.05) is 6.54 Å². The molecule has 1 aliphatic rings. The Bertz CT molecular complexity index is 396. The average Bonchev–Trinajstić information content (AvgIpc) is 2.96. The van der Waals surface area contributed by atoms with Gasteiger partial charge in [-0.2, -0.15) is 0 Å². The highest BCUT2D eigenvalue weighted by Crippen LogP contribution is 2.15.